The van der Waals surface area contributed by atoms with Gasteiger partial charge >= 0.3 is 6.01 Å². The van der Waals surface area contributed by atoms with Crippen molar-refractivity contribution >= 4 is 22.2 Å². The molecule has 0 atom stereocenters. The molecule has 2 rings (SSSR count). The van der Waals surface area contributed by atoms with Gasteiger partial charge in [-0.2, -0.15) is 10.2 Å². The SMILES string of the molecule is N#Cc1ccnc(Oc2ccc(Br)c(C=O)c2)n1. The Morgan fingerprint density at radius 2 is 2.22 bits per heavy atom. The van der Waals surface area contributed by atoms with E-state index in [1.807, 2.05) is 6.07 Å². The first-order valence-electron chi connectivity index (χ1n) is 4.88. The number of carbonyl (C=O) groups is 1. The van der Waals surface area contributed by atoms with Gasteiger partial charge in [-0.25, -0.2) is 4.98 Å². The van der Waals surface area contributed by atoms with Gasteiger partial charge in [0.1, 0.15) is 17.5 Å². The molecule has 88 valence electrons. The van der Waals surface area contributed by atoms with Gasteiger partial charge in [0.05, 0.1) is 0 Å². The third-order valence-electron chi connectivity index (χ3n) is 2.05. The predicted molar refractivity (Wildman–Crippen MR) is 66.4 cm³/mol. The van der Waals surface area contributed by atoms with Crippen molar-refractivity contribution in [2.75, 3.05) is 0 Å². The maximum absolute atomic E-state index is 10.8. The smallest absolute Gasteiger partial charge is 0.323 e. The quantitative estimate of drug-likeness (QED) is 0.815. The molecule has 18 heavy (non-hydrogen) atoms. The number of carbonyl (C=O) groups excluding carboxylic acids is 1. The monoisotopic (exact) mass is 303 g/mol. The molecule has 0 aliphatic heterocycles. The van der Waals surface area contributed by atoms with Crippen molar-refractivity contribution in [3.63, 3.8) is 0 Å². The van der Waals surface area contributed by atoms with E-state index in [2.05, 4.69) is 25.9 Å². The zero-order valence-electron chi connectivity index (χ0n) is 9.00. The van der Waals surface area contributed by atoms with Gasteiger partial charge in [-0.15, -0.1) is 0 Å². The van der Waals surface area contributed by atoms with Gasteiger partial charge in [-0.3, -0.25) is 4.79 Å². The molecule has 1 heterocycles. The normalized spacial score (nSPS) is 9.56. The average Bonchev–Trinajstić information content (AvgIpc) is 2.41. The van der Waals surface area contributed by atoms with Gasteiger partial charge < -0.3 is 4.74 Å². The maximum atomic E-state index is 10.8. The fourth-order valence-corrected chi connectivity index (χ4v) is 1.57. The molecule has 0 saturated heterocycles. The first-order valence-corrected chi connectivity index (χ1v) is 5.68. The van der Waals surface area contributed by atoms with Crippen molar-refractivity contribution in [1.82, 2.24) is 9.97 Å². The van der Waals surface area contributed by atoms with Gasteiger partial charge in [-0.1, -0.05) is 15.9 Å². The summed E-state index contributed by atoms with van der Waals surface area (Å²) in [4.78, 5) is 18.5. The number of aromatic nitrogens is 2. The zero-order valence-corrected chi connectivity index (χ0v) is 10.6. The van der Waals surface area contributed by atoms with Crippen LogP contribution >= 0.6 is 15.9 Å². The van der Waals surface area contributed by atoms with Gasteiger partial charge in [0.15, 0.2) is 6.29 Å². The lowest BCUT2D eigenvalue weighted by Crippen LogP contribution is -1.94. The fourth-order valence-electron chi connectivity index (χ4n) is 1.23. The summed E-state index contributed by atoms with van der Waals surface area (Å²) in [5, 5.41) is 8.70. The van der Waals surface area contributed by atoms with E-state index in [4.69, 9.17) is 10.00 Å². The molecule has 0 saturated carbocycles. The molecular weight excluding hydrogens is 298 g/mol. The Balaban J connectivity index is 2.28. The summed E-state index contributed by atoms with van der Waals surface area (Å²) in [7, 11) is 0. The molecule has 0 N–H and O–H groups in total. The number of nitriles is 1. The molecule has 1 aromatic carbocycles. The topological polar surface area (TPSA) is 75.9 Å². The standard InChI is InChI=1S/C12H6BrN3O2/c13-11-2-1-10(5-8(11)7-17)18-12-15-4-3-9(6-14)16-12/h1-5,7H. The molecule has 0 unspecified atom stereocenters. The molecular formula is C12H6BrN3O2. The number of ether oxygens (including phenoxy) is 1. The van der Waals surface area contributed by atoms with Crippen LogP contribution in [0.3, 0.4) is 0 Å². The number of rotatable bonds is 3. The second-order valence-corrected chi connectivity index (χ2v) is 4.09. The molecule has 2 aromatic rings. The van der Waals surface area contributed by atoms with Crippen LogP contribution in [0.25, 0.3) is 0 Å². The van der Waals surface area contributed by atoms with Crippen molar-refractivity contribution in [3.05, 3.63) is 46.2 Å². The number of hydrogen-bond donors (Lipinski definition) is 0. The van der Waals surface area contributed by atoms with E-state index in [1.54, 1.807) is 18.2 Å². The molecule has 0 aliphatic rings. The Morgan fingerprint density at radius 1 is 1.39 bits per heavy atom. The minimum atomic E-state index is 0.0632. The van der Waals surface area contributed by atoms with Crippen LogP contribution in [-0.2, 0) is 0 Å². The molecule has 1 aromatic heterocycles. The minimum absolute atomic E-state index is 0.0632. The Labute approximate surface area is 111 Å². The van der Waals surface area contributed by atoms with E-state index in [-0.39, 0.29) is 11.7 Å². The van der Waals surface area contributed by atoms with Crippen LogP contribution in [-0.4, -0.2) is 16.3 Å². The average molecular weight is 304 g/mol. The lowest BCUT2D eigenvalue weighted by Gasteiger charge is -2.04. The van der Waals surface area contributed by atoms with Gasteiger partial charge in [-0.05, 0) is 24.3 Å². The molecule has 0 fully saturated rings. The second-order valence-electron chi connectivity index (χ2n) is 3.24. The maximum Gasteiger partial charge on any atom is 0.323 e. The van der Waals surface area contributed by atoms with E-state index < -0.39 is 0 Å². The lowest BCUT2D eigenvalue weighted by atomic mass is 10.2. The van der Waals surface area contributed by atoms with Crippen LogP contribution < -0.4 is 4.74 Å². The van der Waals surface area contributed by atoms with Crippen LogP contribution in [0, 0.1) is 11.3 Å². The molecule has 0 amide bonds. The number of nitrogens with zero attached hydrogens (tertiary/aromatic N) is 3. The third-order valence-corrected chi connectivity index (χ3v) is 2.77. The molecule has 0 aliphatic carbocycles. The van der Waals surface area contributed by atoms with Crippen molar-refractivity contribution in [1.29, 1.82) is 5.26 Å². The summed E-state index contributed by atoms with van der Waals surface area (Å²) in [5.74, 6) is 0.426. The highest BCUT2D eigenvalue weighted by Gasteiger charge is 2.05. The number of hydrogen-bond acceptors (Lipinski definition) is 5. The summed E-state index contributed by atoms with van der Waals surface area (Å²) in [6.45, 7) is 0. The zero-order chi connectivity index (χ0) is 13.0. The molecule has 0 spiro atoms. The summed E-state index contributed by atoms with van der Waals surface area (Å²) >= 11 is 3.24. The molecule has 0 radical (unpaired) electrons. The van der Waals surface area contributed by atoms with Gasteiger partial charge in [0.25, 0.3) is 0 Å². The van der Waals surface area contributed by atoms with E-state index >= 15 is 0 Å². The first-order chi connectivity index (χ1) is 8.72. The largest absolute Gasteiger partial charge is 0.424 e. The van der Waals surface area contributed by atoms with Crippen LogP contribution in [0.2, 0.25) is 0 Å². The van der Waals surface area contributed by atoms with Crippen molar-refractivity contribution < 1.29 is 9.53 Å². The Hall–Kier alpha value is -2.26. The summed E-state index contributed by atoms with van der Waals surface area (Å²) in [6, 6.07) is 8.34. The molecule has 6 heteroatoms. The highest BCUT2D eigenvalue weighted by atomic mass is 79.9. The van der Waals surface area contributed by atoms with Crippen molar-refractivity contribution in [2.45, 2.75) is 0 Å². The van der Waals surface area contributed by atoms with Gasteiger partial charge in [0, 0.05) is 16.2 Å². The number of benzene rings is 1. The van der Waals surface area contributed by atoms with Gasteiger partial charge in [0.2, 0.25) is 0 Å². The summed E-state index contributed by atoms with van der Waals surface area (Å²) in [6.07, 6.45) is 2.14. The van der Waals surface area contributed by atoms with E-state index in [0.29, 0.717) is 22.1 Å². The lowest BCUT2D eigenvalue weighted by molar-refractivity contribution is 0.112. The minimum Gasteiger partial charge on any atom is -0.424 e. The highest BCUT2D eigenvalue weighted by molar-refractivity contribution is 9.10. The Bertz CT molecular complexity index is 637. The Kier molecular flexibility index (Phi) is 3.65. The third kappa shape index (κ3) is 2.70. The molecule has 5 nitrogen and oxygen atoms in total. The number of halogens is 1. The van der Waals surface area contributed by atoms with Crippen molar-refractivity contribution in [2.24, 2.45) is 0 Å². The van der Waals surface area contributed by atoms with E-state index in [0.717, 1.165) is 0 Å². The van der Waals surface area contributed by atoms with Crippen LogP contribution in [0.1, 0.15) is 16.1 Å². The van der Waals surface area contributed by atoms with Crippen LogP contribution in [0.15, 0.2) is 34.9 Å². The predicted octanol–water partition coefficient (Wildman–Crippen LogP) is 2.72. The second kappa shape index (κ2) is 5.38. The fraction of sp³-hybridized carbons (Fsp3) is 0. The van der Waals surface area contributed by atoms with Crippen LogP contribution in [0.4, 0.5) is 0 Å². The van der Waals surface area contributed by atoms with Crippen molar-refractivity contribution in [3.8, 4) is 17.8 Å². The first kappa shape index (κ1) is 12.2. The Morgan fingerprint density at radius 3 is 2.94 bits per heavy atom. The van der Waals surface area contributed by atoms with E-state index in [9.17, 15) is 4.79 Å². The number of aldehydes is 1. The van der Waals surface area contributed by atoms with Crippen LogP contribution in [0.5, 0.6) is 11.8 Å². The summed E-state index contributed by atoms with van der Waals surface area (Å²) < 4.78 is 6.04. The highest BCUT2D eigenvalue weighted by Crippen LogP contribution is 2.23. The summed E-state index contributed by atoms with van der Waals surface area (Å²) in [5.41, 5.74) is 0.677. The van der Waals surface area contributed by atoms with E-state index in [1.165, 1.54) is 12.3 Å². The molecule has 0 bridgehead atoms.